The van der Waals surface area contributed by atoms with Gasteiger partial charge in [-0.2, -0.15) is 5.10 Å². The first-order valence-corrected chi connectivity index (χ1v) is 10.8. The fourth-order valence-electron chi connectivity index (χ4n) is 3.85. The fourth-order valence-corrected chi connectivity index (χ4v) is 3.85. The van der Waals surface area contributed by atoms with Gasteiger partial charge >= 0.3 is 6.09 Å². The van der Waals surface area contributed by atoms with Crippen LogP contribution < -0.4 is 9.64 Å². The molecule has 0 atom stereocenters. The number of aryl methyl sites for hydroxylation is 1. The summed E-state index contributed by atoms with van der Waals surface area (Å²) in [5.74, 6) is 0.571. The van der Waals surface area contributed by atoms with Crippen LogP contribution in [0.25, 0.3) is 11.0 Å². The van der Waals surface area contributed by atoms with Crippen LogP contribution in [0.4, 0.5) is 10.5 Å². The molecule has 0 saturated carbocycles. The van der Waals surface area contributed by atoms with E-state index >= 15 is 0 Å². The van der Waals surface area contributed by atoms with Gasteiger partial charge in [-0.25, -0.2) is 9.78 Å². The number of methoxy groups -OCH3 is 1. The number of amides is 2. The lowest BCUT2D eigenvalue weighted by molar-refractivity contribution is -0.118. The van der Waals surface area contributed by atoms with Gasteiger partial charge in [0.15, 0.2) is 5.65 Å². The summed E-state index contributed by atoms with van der Waals surface area (Å²) in [5, 5.41) is 8.08. The van der Waals surface area contributed by atoms with E-state index in [1.807, 2.05) is 30.3 Å². The van der Waals surface area contributed by atoms with E-state index in [-0.39, 0.29) is 31.6 Å². The lowest BCUT2D eigenvalue weighted by atomic mass is 10.1. The van der Waals surface area contributed by atoms with E-state index in [2.05, 4.69) is 15.2 Å². The highest BCUT2D eigenvalue weighted by atomic mass is 16.6. The van der Waals surface area contributed by atoms with E-state index in [9.17, 15) is 9.59 Å². The molecule has 9 heteroatoms. The Morgan fingerprint density at radius 2 is 2.03 bits per heavy atom. The molecule has 9 nitrogen and oxygen atoms in total. The highest BCUT2D eigenvalue weighted by Gasteiger charge is 2.21. The van der Waals surface area contributed by atoms with Crippen molar-refractivity contribution in [2.24, 2.45) is 0 Å². The zero-order valence-electron chi connectivity index (χ0n) is 18.1. The second-order valence-electron chi connectivity index (χ2n) is 7.63. The Bertz CT molecular complexity index is 1080. The van der Waals surface area contributed by atoms with E-state index in [4.69, 9.17) is 9.47 Å². The molecule has 0 bridgehead atoms. The number of carbonyl (C=O) groups excluding carboxylic acids is 2. The van der Waals surface area contributed by atoms with Crippen molar-refractivity contribution in [2.75, 3.05) is 38.3 Å². The Morgan fingerprint density at radius 1 is 1.19 bits per heavy atom. The molecule has 1 N–H and O–H groups in total. The number of fused-ring (bicyclic) bond motifs is 1. The number of H-pyrrole nitrogens is 1. The van der Waals surface area contributed by atoms with E-state index in [0.717, 1.165) is 37.0 Å². The van der Waals surface area contributed by atoms with Crippen LogP contribution in [0.1, 0.15) is 25.0 Å². The molecule has 4 rings (SSSR count). The van der Waals surface area contributed by atoms with Gasteiger partial charge in [0.2, 0.25) is 5.91 Å². The molecule has 2 aromatic heterocycles. The number of nitrogens with one attached hydrogen (secondary N) is 1. The van der Waals surface area contributed by atoms with Gasteiger partial charge in [0.25, 0.3) is 0 Å². The summed E-state index contributed by atoms with van der Waals surface area (Å²) in [4.78, 5) is 32.9. The maximum Gasteiger partial charge on any atom is 0.409 e. The molecule has 1 fully saturated rings. The predicted molar refractivity (Wildman–Crippen MR) is 120 cm³/mol. The number of aromatic amines is 1. The first kappa shape index (κ1) is 21.6. The van der Waals surface area contributed by atoms with E-state index in [1.54, 1.807) is 29.2 Å². The van der Waals surface area contributed by atoms with Gasteiger partial charge in [0, 0.05) is 48.5 Å². The lowest BCUT2D eigenvalue weighted by Crippen LogP contribution is -2.36. The molecule has 32 heavy (non-hydrogen) atoms. The van der Waals surface area contributed by atoms with Crippen LogP contribution in [0.3, 0.4) is 0 Å². The summed E-state index contributed by atoms with van der Waals surface area (Å²) in [5.41, 5.74) is 2.20. The van der Waals surface area contributed by atoms with Gasteiger partial charge in [0.05, 0.1) is 13.7 Å². The van der Waals surface area contributed by atoms with Crippen molar-refractivity contribution in [3.63, 3.8) is 0 Å². The standard InChI is InChI=1S/C23H27N5O4/c1-31-18-7-4-6-17(16-18)28(14-15-32-23(30)27-12-2-3-13-27)21(29)10-9-20-19-8-5-11-24-22(19)26-25-20/h4-8,11,16H,2-3,9-10,12-15H2,1H3,(H,24,25,26). The number of hydrogen-bond acceptors (Lipinski definition) is 6. The number of likely N-dealkylation sites (tertiary alicyclic amines) is 1. The molecular weight excluding hydrogens is 410 g/mol. The smallest absolute Gasteiger partial charge is 0.409 e. The quantitative estimate of drug-likeness (QED) is 0.581. The van der Waals surface area contributed by atoms with Crippen LogP contribution in [-0.4, -0.2) is 65.4 Å². The van der Waals surface area contributed by atoms with E-state index in [0.29, 0.717) is 23.5 Å². The topological polar surface area (TPSA) is 101 Å². The van der Waals surface area contributed by atoms with E-state index < -0.39 is 0 Å². The summed E-state index contributed by atoms with van der Waals surface area (Å²) >= 11 is 0. The third-order valence-corrected chi connectivity index (χ3v) is 5.57. The highest BCUT2D eigenvalue weighted by molar-refractivity contribution is 5.94. The van der Waals surface area contributed by atoms with Gasteiger partial charge in [-0.3, -0.25) is 9.89 Å². The summed E-state index contributed by atoms with van der Waals surface area (Å²) in [7, 11) is 1.58. The Hall–Kier alpha value is -3.62. The number of nitrogens with zero attached hydrogens (tertiary/aromatic N) is 4. The van der Waals surface area contributed by atoms with Gasteiger partial charge in [0.1, 0.15) is 12.4 Å². The number of ether oxygens (including phenoxy) is 2. The van der Waals surface area contributed by atoms with Crippen molar-refractivity contribution in [2.45, 2.75) is 25.7 Å². The van der Waals surface area contributed by atoms with Crippen LogP contribution in [0.5, 0.6) is 5.75 Å². The minimum absolute atomic E-state index is 0.0814. The summed E-state index contributed by atoms with van der Waals surface area (Å²) in [6, 6.07) is 11.1. The minimum Gasteiger partial charge on any atom is -0.497 e. The third kappa shape index (κ3) is 4.99. The molecule has 1 aliphatic heterocycles. The zero-order chi connectivity index (χ0) is 22.3. The van der Waals surface area contributed by atoms with Crippen LogP contribution >= 0.6 is 0 Å². The Balaban J connectivity index is 1.43. The normalized spacial score (nSPS) is 13.3. The Labute approximate surface area is 186 Å². The molecule has 3 heterocycles. The van der Waals surface area contributed by atoms with Gasteiger partial charge in [-0.1, -0.05) is 6.07 Å². The monoisotopic (exact) mass is 437 g/mol. The number of rotatable bonds is 8. The maximum atomic E-state index is 13.2. The second kappa shape index (κ2) is 10.1. The molecule has 0 radical (unpaired) electrons. The van der Waals surface area contributed by atoms with Crippen LogP contribution in [-0.2, 0) is 16.0 Å². The molecule has 1 aromatic carbocycles. The molecule has 3 aromatic rings. The SMILES string of the molecule is COc1cccc(N(CCOC(=O)N2CCCC2)C(=O)CCc2[nH]nc3ncccc23)c1. The summed E-state index contributed by atoms with van der Waals surface area (Å²) in [6.45, 7) is 1.83. The molecular formula is C23H27N5O4. The van der Waals surface area contributed by atoms with Gasteiger partial charge < -0.3 is 19.3 Å². The predicted octanol–water partition coefficient (Wildman–Crippen LogP) is 3.16. The lowest BCUT2D eigenvalue weighted by Gasteiger charge is -2.24. The van der Waals surface area contributed by atoms with Crippen molar-refractivity contribution < 1.29 is 19.1 Å². The largest absolute Gasteiger partial charge is 0.497 e. The molecule has 2 amide bonds. The molecule has 1 aliphatic rings. The molecule has 0 unspecified atom stereocenters. The summed E-state index contributed by atoms with van der Waals surface area (Å²) in [6.07, 6.45) is 4.13. The zero-order valence-corrected chi connectivity index (χ0v) is 18.1. The number of aromatic nitrogens is 3. The van der Waals surface area contributed by atoms with Crippen molar-refractivity contribution >= 4 is 28.7 Å². The minimum atomic E-state index is -0.322. The van der Waals surface area contributed by atoms with Crippen LogP contribution in [0.15, 0.2) is 42.6 Å². The average molecular weight is 438 g/mol. The number of carbonyl (C=O) groups is 2. The third-order valence-electron chi connectivity index (χ3n) is 5.57. The first-order valence-electron chi connectivity index (χ1n) is 10.8. The van der Waals surface area contributed by atoms with Gasteiger partial charge in [-0.05, 0) is 43.5 Å². The van der Waals surface area contributed by atoms with E-state index in [1.165, 1.54) is 0 Å². The highest BCUT2D eigenvalue weighted by Crippen LogP contribution is 2.23. The molecule has 0 spiro atoms. The van der Waals surface area contributed by atoms with Crippen molar-refractivity contribution in [1.29, 1.82) is 0 Å². The Kier molecular flexibility index (Phi) is 6.84. The molecule has 1 saturated heterocycles. The second-order valence-corrected chi connectivity index (χ2v) is 7.63. The van der Waals surface area contributed by atoms with Crippen molar-refractivity contribution in [1.82, 2.24) is 20.1 Å². The van der Waals surface area contributed by atoms with Crippen molar-refractivity contribution in [3.05, 3.63) is 48.3 Å². The number of pyridine rings is 1. The fraction of sp³-hybridized carbons (Fsp3) is 0.391. The first-order chi connectivity index (χ1) is 15.7. The number of hydrogen-bond donors (Lipinski definition) is 1. The average Bonchev–Trinajstić information content (AvgIpc) is 3.51. The summed E-state index contributed by atoms with van der Waals surface area (Å²) < 4.78 is 10.7. The Morgan fingerprint density at radius 3 is 2.84 bits per heavy atom. The van der Waals surface area contributed by atoms with Crippen LogP contribution in [0.2, 0.25) is 0 Å². The number of benzene rings is 1. The molecule has 0 aliphatic carbocycles. The van der Waals surface area contributed by atoms with Crippen molar-refractivity contribution in [3.8, 4) is 5.75 Å². The number of anilines is 1. The van der Waals surface area contributed by atoms with Gasteiger partial charge in [-0.15, -0.1) is 0 Å². The maximum absolute atomic E-state index is 13.2. The molecule has 168 valence electrons. The van der Waals surface area contributed by atoms with Crippen LogP contribution in [0, 0.1) is 0 Å².